The Bertz CT molecular complexity index is 419. The third kappa shape index (κ3) is 3.16. The molecule has 106 valence electrons. The molecule has 0 radical (unpaired) electrons. The van der Waals surface area contributed by atoms with Crippen LogP contribution in [0.2, 0.25) is 0 Å². The van der Waals surface area contributed by atoms with Crippen LogP contribution in [0.5, 0.6) is 0 Å². The van der Waals surface area contributed by atoms with Crippen molar-refractivity contribution >= 4 is 27.6 Å². The predicted molar refractivity (Wildman–Crippen MR) is 81.1 cm³/mol. The molecule has 1 fully saturated rings. The number of halogens is 1. The molecule has 2 heterocycles. The van der Waals surface area contributed by atoms with Crippen molar-refractivity contribution in [1.82, 2.24) is 14.9 Å². The van der Waals surface area contributed by atoms with E-state index in [0.717, 1.165) is 36.5 Å². The highest BCUT2D eigenvalue weighted by atomic mass is 79.9. The third-order valence-corrected chi connectivity index (χ3v) is 4.47. The van der Waals surface area contributed by atoms with Gasteiger partial charge in [0.05, 0.1) is 0 Å². The summed E-state index contributed by atoms with van der Waals surface area (Å²) >= 11 is 3.51. The molecule has 0 spiro atoms. The zero-order valence-electron chi connectivity index (χ0n) is 11.4. The van der Waals surface area contributed by atoms with Crippen LogP contribution in [-0.4, -0.2) is 47.1 Å². The van der Waals surface area contributed by atoms with Gasteiger partial charge in [0, 0.05) is 32.2 Å². The summed E-state index contributed by atoms with van der Waals surface area (Å²) in [6.45, 7) is 8.60. The second kappa shape index (κ2) is 6.49. The van der Waals surface area contributed by atoms with Crippen molar-refractivity contribution in [3.05, 3.63) is 10.8 Å². The Morgan fingerprint density at radius 2 is 2.05 bits per heavy atom. The van der Waals surface area contributed by atoms with Gasteiger partial charge in [-0.15, -0.1) is 0 Å². The maximum Gasteiger partial charge on any atom is 0.159 e. The second-order valence-electron chi connectivity index (χ2n) is 4.78. The largest absolute Gasteiger partial charge is 0.353 e. The maximum atomic E-state index is 5.43. The number of anilines is 2. The van der Waals surface area contributed by atoms with E-state index < -0.39 is 0 Å². The van der Waals surface area contributed by atoms with Crippen molar-refractivity contribution in [3.63, 3.8) is 0 Å². The molecule has 1 aliphatic rings. The molecule has 19 heavy (non-hydrogen) atoms. The Hall–Kier alpha value is -0.920. The molecule has 1 atom stereocenters. The van der Waals surface area contributed by atoms with Gasteiger partial charge in [-0.2, -0.15) is 0 Å². The van der Waals surface area contributed by atoms with Crippen LogP contribution in [0.25, 0.3) is 0 Å². The van der Waals surface area contributed by atoms with E-state index in [1.807, 2.05) is 0 Å². The third-order valence-electron chi connectivity index (χ3n) is 3.74. The van der Waals surface area contributed by atoms with E-state index >= 15 is 0 Å². The Morgan fingerprint density at radius 1 is 1.37 bits per heavy atom. The van der Waals surface area contributed by atoms with E-state index in [-0.39, 0.29) is 0 Å². The highest BCUT2D eigenvalue weighted by Gasteiger charge is 2.23. The molecule has 0 aliphatic carbocycles. The number of rotatable bonds is 4. The number of nitrogens with zero attached hydrogens (tertiary/aromatic N) is 4. The fourth-order valence-electron chi connectivity index (χ4n) is 2.31. The van der Waals surface area contributed by atoms with Crippen LogP contribution in [0.15, 0.2) is 10.8 Å². The quantitative estimate of drug-likeness (QED) is 0.644. The fraction of sp³-hybridized carbons (Fsp3) is 0.667. The first-order valence-corrected chi connectivity index (χ1v) is 7.42. The van der Waals surface area contributed by atoms with E-state index in [9.17, 15) is 0 Å². The summed E-state index contributed by atoms with van der Waals surface area (Å²) in [5, 5.41) is 0. The molecule has 0 saturated carbocycles. The minimum atomic E-state index is 0.620. The number of hydrazine groups is 1. The minimum absolute atomic E-state index is 0.620. The normalized spacial score (nSPS) is 18.4. The highest BCUT2D eigenvalue weighted by molar-refractivity contribution is 9.10. The van der Waals surface area contributed by atoms with Crippen LogP contribution in [0.4, 0.5) is 11.6 Å². The molecular formula is C12H21BrN6. The highest BCUT2D eigenvalue weighted by Crippen LogP contribution is 2.29. The summed E-state index contributed by atoms with van der Waals surface area (Å²) in [5.41, 5.74) is 2.58. The van der Waals surface area contributed by atoms with Crippen LogP contribution in [0, 0.1) is 0 Å². The standard InChI is InChI=1S/C12H21BrN6/c1-3-9(2)18-4-6-19(7-5-18)12-10(13)11(17-14)15-8-16-12/h8-9H,3-7,14H2,1-2H3,(H,15,16,17). The van der Waals surface area contributed by atoms with Crippen molar-refractivity contribution in [1.29, 1.82) is 0 Å². The molecule has 1 aromatic heterocycles. The molecule has 3 N–H and O–H groups in total. The predicted octanol–water partition coefficient (Wildman–Crippen LogP) is 1.45. The zero-order valence-corrected chi connectivity index (χ0v) is 13.0. The lowest BCUT2D eigenvalue weighted by molar-refractivity contribution is 0.192. The van der Waals surface area contributed by atoms with E-state index in [0.29, 0.717) is 11.9 Å². The zero-order chi connectivity index (χ0) is 13.8. The van der Waals surface area contributed by atoms with Crippen molar-refractivity contribution < 1.29 is 0 Å². The topological polar surface area (TPSA) is 70.3 Å². The molecule has 1 saturated heterocycles. The van der Waals surface area contributed by atoms with Crippen molar-refractivity contribution in [2.45, 2.75) is 26.3 Å². The van der Waals surface area contributed by atoms with Crippen LogP contribution in [-0.2, 0) is 0 Å². The molecule has 7 heteroatoms. The van der Waals surface area contributed by atoms with Crippen molar-refractivity contribution in [2.24, 2.45) is 5.84 Å². The van der Waals surface area contributed by atoms with E-state index in [2.05, 4.69) is 55.0 Å². The molecule has 0 aromatic carbocycles. The van der Waals surface area contributed by atoms with Gasteiger partial charge in [0.25, 0.3) is 0 Å². The molecule has 0 bridgehead atoms. The van der Waals surface area contributed by atoms with Gasteiger partial charge in [-0.05, 0) is 29.3 Å². The molecule has 1 aromatic rings. The first kappa shape index (κ1) is 14.5. The number of aromatic nitrogens is 2. The molecule has 2 rings (SSSR count). The van der Waals surface area contributed by atoms with Crippen LogP contribution >= 0.6 is 15.9 Å². The number of piperazine rings is 1. The lowest BCUT2D eigenvalue weighted by Gasteiger charge is -2.38. The Kier molecular flexibility index (Phi) is 4.95. The summed E-state index contributed by atoms with van der Waals surface area (Å²) < 4.78 is 0.828. The van der Waals surface area contributed by atoms with Gasteiger partial charge in [-0.1, -0.05) is 6.92 Å². The Morgan fingerprint density at radius 3 is 2.63 bits per heavy atom. The van der Waals surface area contributed by atoms with Crippen LogP contribution < -0.4 is 16.2 Å². The molecule has 0 amide bonds. The van der Waals surface area contributed by atoms with Crippen LogP contribution in [0.1, 0.15) is 20.3 Å². The van der Waals surface area contributed by atoms with Crippen LogP contribution in [0.3, 0.4) is 0 Å². The number of nitrogen functional groups attached to an aromatic ring is 1. The lowest BCUT2D eigenvalue weighted by Crippen LogP contribution is -2.49. The maximum absolute atomic E-state index is 5.43. The van der Waals surface area contributed by atoms with E-state index in [1.165, 1.54) is 12.7 Å². The molecule has 1 aliphatic heterocycles. The van der Waals surface area contributed by atoms with E-state index in [1.54, 1.807) is 0 Å². The Balaban J connectivity index is 2.06. The van der Waals surface area contributed by atoms with Gasteiger partial charge < -0.3 is 10.3 Å². The minimum Gasteiger partial charge on any atom is -0.353 e. The summed E-state index contributed by atoms with van der Waals surface area (Å²) in [7, 11) is 0. The lowest BCUT2D eigenvalue weighted by atomic mass is 10.2. The SMILES string of the molecule is CCC(C)N1CCN(c2ncnc(NN)c2Br)CC1. The average Bonchev–Trinajstić information content (AvgIpc) is 2.47. The van der Waals surface area contributed by atoms with Gasteiger partial charge in [0.15, 0.2) is 5.82 Å². The van der Waals surface area contributed by atoms with Crippen molar-refractivity contribution in [3.8, 4) is 0 Å². The number of hydrogen-bond acceptors (Lipinski definition) is 6. The Labute approximate surface area is 122 Å². The summed E-state index contributed by atoms with van der Waals surface area (Å²) in [6.07, 6.45) is 2.73. The van der Waals surface area contributed by atoms with Crippen molar-refractivity contribution in [2.75, 3.05) is 36.5 Å². The van der Waals surface area contributed by atoms with Gasteiger partial charge in [0.2, 0.25) is 0 Å². The average molecular weight is 329 g/mol. The first-order chi connectivity index (χ1) is 9.17. The smallest absolute Gasteiger partial charge is 0.159 e. The molecule has 6 nitrogen and oxygen atoms in total. The van der Waals surface area contributed by atoms with Gasteiger partial charge in [0.1, 0.15) is 16.6 Å². The second-order valence-corrected chi connectivity index (χ2v) is 5.58. The first-order valence-electron chi connectivity index (χ1n) is 6.63. The number of nitrogens with two attached hydrogens (primary N) is 1. The molecular weight excluding hydrogens is 308 g/mol. The van der Waals surface area contributed by atoms with Gasteiger partial charge in [-0.25, -0.2) is 15.8 Å². The number of hydrogen-bond donors (Lipinski definition) is 2. The summed E-state index contributed by atoms with van der Waals surface area (Å²) in [6, 6.07) is 0.650. The van der Waals surface area contributed by atoms with Gasteiger partial charge in [-0.3, -0.25) is 4.90 Å². The summed E-state index contributed by atoms with van der Waals surface area (Å²) in [5.74, 6) is 6.96. The summed E-state index contributed by atoms with van der Waals surface area (Å²) in [4.78, 5) is 13.2. The van der Waals surface area contributed by atoms with Gasteiger partial charge >= 0.3 is 0 Å². The monoisotopic (exact) mass is 328 g/mol. The van der Waals surface area contributed by atoms with E-state index in [4.69, 9.17) is 5.84 Å². The number of nitrogens with one attached hydrogen (secondary N) is 1. The fourth-order valence-corrected chi connectivity index (χ4v) is 2.88. The molecule has 1 unspecified atom stereocenters.